The van der Waals surface area contributed by atoms with Gasteiger partial charge in [0.1, 0.15) is 11.2 Å². The van der Waals surface area contributed by atoms with Gasteiger partial charge in [0.15, 0.2) is 0 Å². The molecule has 0 radical (unpaired) electrons. The molecule has 1 aromatic carbocycles. The van der Waals surface area contributed by atoms with Gasteiger partial charge in [-0.15, -0.1) is 0 Å². The van der Waals surface area contributed by atoms with Gasteiger partial charge in [-0.05, 0) is 54.8 Å². The fourth-order valence-corrected chi connectivity index (χ4v) is 2.99. The van der Waals surface area contributed by atoms with Crippen molar-refractivity contribution in [3.05, 3.63) is 82.5 Å². The van der Waals surface area contributed by atoms with Crippen molar-refractivity contribution in [1.82, 2.24) is 19.9 Å². The molecule has 28 heavy (non-hydrogen) atoms. The average Bonchev–Trinajstić information content (AvgIpc) is 2.69. The van der Waals surface area contributed by atoms with Crippen LogP contribution >= 0.6 is 0 Å². The van der Waals surface area contributed by atoms with Crippen molar-refractivity contribution >= 4 is 28.4 Å². The zero-order chi connectivity index (χ0) is 19.3. The summed E-state index contributed by atoms with van der Waals surface area (Å²) in [5.74, 6) is 0.950. The normalized spacial score (nSPS) is 10.8. The van der Waals surface area contributed by atoms with Crippen molar-refractivity contribution in [1.29, 1.82) is 0 Å². The molecule has 140 valence electrons. The molecule has 3 N–H and O–H groups in total. The van der Waals surface area contributed by atoms with Gasteiger partial charge >= 0.3 is 0 Å². The molecular formula is C21H20N6O. The Kier molecular flexibility index (Phi) is 4.97. The van der Waals surface area contributed by atoms with Crippen LogP contribution in [0, 0.1) is 6.92 Å². The number of pyridine rings is 2. The zero-order valence-corrected chi connectivity index (χ0v) is 15.4. The second kappa shape index (κ2) is 7.87. The number of fused-ring (bicyclic) bond motifs is 1. The molecule has 0 aliphatic carbocycles. The lowest BCUT2D eigenvalue weighted by Gasteiger charge is -2.12. The molecule has 0 amide bonds. The SMILES string of the molecule is Cc1cccc(Nc2nc(NCCc3ccncc3)nc3cc[nH]c(=O)c23)c1. The number of rotatable bonds is 6. The Morgan fingerprint density at radius 1 is 1.07 bits per heavy atom. The number of aryl methyl sites for hydroxylation is 1. The molecule has 4 aromatic rings. The third-order valence-electron chi connectivity index (χ3n) is 4.35. The Balaban J connectivity index is 1.63. The van der Waals surface area contributed by atoms with E-state index in [-0.39, 0.29) is 5.56 Å². The molecule has 0 unspecified atom stereocenters. The standard InChI is InChI=1S/C21H20N6O/c1-14-3-2-4-16(13-14)25-19-18-17(8-12-23-20(18)28)26-21(27-19)24-11-7-15-5-9-22-10-6-15/h2-6,8-10,12-13H,7,11H2,1H3,(H,23,28)(H2,24,25,26,27). The topological polar surface area (TPSA) is 95.6 Å². The van der Waals surface area contributed by atoms with Crippen LogP contribution in [-0.4, -0.2) is 26.5 Å². The van der Waals surface area contributed by atoms with Crippen LogP contribution in [0.1, 0.15) is 11.1 Å². The van der Waals surface area contributed by atoms with Gasteiger partial charge in [0.2, 0.25) is 5.95 Å². The van der Waals surface area contributed by atoms with E-state index in [1.54, 1.807) is 24.7 Å². The van der Waals surface area contributed by atoms with E-state index in [9.17, 15) is 4.79 Å². The maximum atomic E-state index is 12.4. The lowest BCUT2D eigenvalue weighted by molar-refractivity contribution is 0.985. The van der Waals surface area contributed by atoms with Gasteiger partial charge in [-0.25, -0.2) is 4.98 Å². The minimum Gasteiger partial charge on any atom is -0.354 e. The minimum absolute atomic E-state index is 0.226. The van der Waals surface area contributed by atoms with Gasteiger partial charge in [-0.2, -0.15) is 4.98 Å². The predicted octanol–water partition coefficient (Wildman–Crippen LogP) is 3.42. The Morgan fingerprint density at radius 3 is 2.75 bits per heavy atom. The fourth-order valence-electron chi connectivity index (χ4n) is 2.99. The molecule has 3 aromatic heterocycles. The summed E-state index contributed by atoms with van der Waals surface area (Å²) in [7, 11) is 0. The van der Waals surface area contributed by atoms with Crippen molar-refractivity contribution in [3.63, 3.8) is 0 Å². The van der Waals surface area contributed by atoms with E-state index < -0.39 is 0 Å². The van der Waals surface area contributed by atoms with Gasteiger partial charge < -0.3 is 15.6 Å². The fraction of sp³-hybridized carbons (Fsp3) is 0.143. The number of aromatic amines is 1. The quantitative estimate of drug-likeness (QED) is 0.480. The zero-order valence-electron chi connectivity index (χ0n) is 15.4. The first-order chi connectivity index (χ1) is 13.7. The van der Waals surface area contributed by atoms with Crippen molar-refractivity contribution in [3.8, 4) is 0 Å². The maximum Gasteiger partial charge on any atom is 0.261 e. The molecular weight excluding hydrogens is 352 g/mol. The molecule has 7 nitrogen and oxygen atoms in total. The highest BCUT2D eigenvalue weighted by Crippen LogP contribution is 2.23. The molecule has 3 heterocycles. The number of nitrogens with one attached hydrogen (secondary N) is 3. The molecule has 0 fully saturated rings. The van der Waals surface area contributed by atoms with Crippen molar-refractivity contribution in [2.45, 2.75) is 13.3 Å². The van der Waals surface area contributed by atoms with Gasteiger partial charge in [0, 0.05) is 30.8 Å². The van der Waals surface area contributed by atoms with Crippen molar-refractivity contribution in [2.75, 3.05) is 17.2 Å². The first-order valence-corrected chi connectivity index (χ1v) is 9.05. The number of hydrogen-bond donors (Lipinski definition) is 3. The van der Waals surface area contributed by atoms with Gasteiger partial charge in [0.05, 0.1) is 5.52 Å². The second-order valence-corrected chi connectivity index (χ2v) is 6.49. The summed E-state index contributed by atoms with van der Waals surface area (Å²) in [6.45, 7) is 2.69. The molecule has 0 aliphatic rings. The van der Waals surface area contributed by atoms with E-state index in [0.717, 1.165) is 17.7 Å². The van der Waals surface area contributed by atoms with Crippen LogP contribution in [0.4, 0.5) is 17.5 Å². The predicted molar refractivity (Wildman–Crippen MR) is 111 cm³/mol. The minimum atomic E-state index is -0.226. The number of hydrogen-bond acceptors (Lipinski definition) is 6. The highest BCUT2D eigenvalue weighted by molar-refractivity contribution is 5.90. The molecule has 4 rings (SSSR count). The molecule has 0 saturated carbocycles. The van der Waals surface area contributed by atoms with Gasteiger partial charge in [0.25, 0.3) is 5.56 Å². The van der Waals surface area contributed by atoms with Crippen LogP contribution in [0.25, 0.3) is 10.9 Å². The van der Waals surface area contributed by atoms with Crippen LogP contribution in [0.15, 0.2) is 65.8 Å². The molecule has 0 saturated heterocycles. The van der Waals surface area contributed by atoms with E-state index in [1.807, 2.05) is 43.3 Å². The summed E-state index contributed by atoms with van der Waals surface area (Å²) in [5.41, 5.74) is 3.52. The van der Waals surface area contributed by atoms with Gasteiger partial charge in [-0.3, -0.25) is 9.78 Å². The first-order valence-electron chi connectivity index (χ1n) is 9.05. The Labute approximate surface area is 161 Å². The van der Waals surface area contributed by atoms with E-state index in [4.69, 9.17) is 0 Å². The summed E-state index contributed by atoms with van der Waals surface area (Å²) in [4.78, 5) is 28.1. The molecule has 7 heteroatoms. The van der Waals surface area contributed by atoms with Crippen LogP contribution < -0.4 is 16.2 Å². The second-order valence-electron chi connectivity index (χ2n) is 6.49. The Bertz CT molecular complexity index is 1160. The summed E-state index contributed by atoms with van der Waals surface area (Å²) >= 11 is 0. The van der Waals surface area contributed by atoms with Crippen LogP contribution in [0.5, 0.6) is 0 Å². The first kappa shape index (κ1) is 17.7. The van der Waals surface area contributed by atoms with Crippen LogP contribution in [0.3, 0.4) is 0 Å². The number of benzene rings is 1. The molecule has 0 bridgehead atoms. The highest BCUT2D eigenvalue weighted by Gasteiger charge is 2.11. The lowest BCUT2D eigenvalue weighted by atomic mass is 10.2. The highest BCUT2D eigenvalue weighted by atomic mass is 16.1. The Hall–Kier alpha value is -3.74. The molecule has 0 spiro atoms. The Morgan fingerprint density at radius 2 is 1.93 bits per heavy atom. The number of H-pyrrole nitrogens is 1. The van der Waals surface area contributed by atoms with Crippen molar-refractivity contribution < 1.29 is 0 Å². The molecule has 0 atom stereocenters. The van der Waals surface area contributed by atoms with Crippen LogP contribution in [-0.2, 0) is 6.42 Å². The smallest absolute Gasteiger partial charge is 0.261 e. The van der Waals surface area contributed by atoms with E-state index in [0.29, 0.717) is 29.2 Å². The summed E-state index contributed by atoms with van der Waals surface area (Å²) < 4.78 is 0. The van der Waals surface area contributed by atoms with Gasteiger partial charge in [-0.1, -0.05) is 12.1 Å². The van der Waals surface area contributed by atoms with E-state index in [1.165, 1.54) is 5.56 Å². The third kappa shape index (κ3) is 3.98. The van der Waals surface area contributed by atoms with E-state index in [2.05, 4.69) is 30.6 Å². The molecule has 0 aliphatic heterocycles. The summed E-state index contributed by atoms with van der Waals surface area (Å²) in [5, 5.41) is 6.94. The number of aromatic nitrogens is 4. The summed E-state index contributed by atoms with van der Waals surface area (Å²) in [6.07, 6.45) is 5.96. The number of anilines is 3. The van der Waals surface area contributed by atoms with Crippen LogP contribution in [0.2, 0.25) is 0 Å². The largest absolute Gasteiger partial charge is 0.354 e. The average molecular weight is 372 g/mol. The van der Waals surface area contributed by atoms with Crippen molar-refractivity contribution in [2.24, 2.45) is 0 Å². The number of nitrogens with zero attached hydrogens (tertiary/aromatic N) is 3. The maximum absolute atomic E-state index is 12.4. The third-order valence-corrected chi connectivity index (χ3v) is 4.35. The monoisotopic (exact) mass is 372 g/mol. The van der Waals surface area contributed by atoms with E-state index >= 15 is 0 Å². The summed E-state index contributed by atoms with van der Waals surface area (Å²) in [6, 6.07) is 13.6. The lowest BCUT2D eigenvalue weighted by Crippen LogP contribution is -2.13.